The highest BCUT2D eigenvalue weighted by molar-refractivity contribution is 5.76. The lowest BCUT2D eigenvalue weighted by Gasteiger charge is -2.20. The quantitative estimate of drug-likeness (QED) is 0.0325. The van der Waals surface area contributed by atoms with Gasteiger partial charge in [0.1, 0.15) is 0 Å². The smallest absolute Gasteiger partial charge is 0.305 e. The maximum atomic E-state index is 12.4. The van der Waals surface area contributed by atoms with Gasteiger partial charge in [-0.2, -0.15) is 0 Å². The Bertz CT molecular complexity index is 817. The van der Waals surface area contributed by atoms with E-state index < -0.39 is 12.1 Å². The van der Waals surface area contributed by atoms with Crippen molar-refractivity contribution in [1.82, 2.24) is 5.32 Å². The number of amides is 1. The minimum absolute atomic E-state index is 0.0148. The average molecular weight is 778 g/mol. The monoisotopic (exact) mass is 778 g/mol. The first-order chi connectivity index (χ1) is 27.0. The lowest BCUT2D eigenvalue weighted by molar-refractivity contribution is -0.143. The Morgan fingerprint density at radius 1 is 0.491 bits per heavy atom. The number of ether oxygens (including phenoxy) is 1. The molecule has 0 aromatic rings. The van der Waals surface area contributed by atoms with Crippen LogP contribution in [0.3, 0.4) is 0 Å². The summed E-state index contributed by atoms with van der Waals surface area (Å²) in [5.41, 5.74) is 0. The number of carbonyl (C=O) groups is 2. The molecule has 3 N–H and O–H groups in total. The van der Waals surface area contributed by atoms with Crippen LogP contribution in [0.2, 0.25) is 0 Å². The molecule has 6 nitrogen and oxygen atoms in total. The molecule has 1 amide bonds. The van der Waals surface area contributed by atoms with E-state index in [1.165, 1.54) is 180 Å². The van der Waals surface area contributed by atoms with Gasteiger partial charge in [0, 0.05) is 12.8 Å². The minimum Gasteiger partial charge on any atom is -0.466 e. The predicted molar refractivity (Wildman–Crippen MR) is 237 cm³/mol. The summed E-state index contributed by atoms with van der Waals surface area (Å²) in [4.78, 5) is 24.4. The highest BCUT2D eigenvalue weighted by Crippen LogP contribution is 2.16. The van der Waals surface area contributed by atoms with E-state index in [0.29, 0.717) is 19.4 Å². The summed E-state index contributed by atoms with van der Waals surface area (Å²) in [5.74, 6) is -0.101. The first-order valence-electron chi connectivity index (χ1n) is 24.5. The maximum Gasteiger partial charge on any atom is 0.305 e. The molecule has 0 radical (unpaired) electrons. The molecule has 0 saturated heterocycles. The van der Waals surface area contributed by atoms with Crippen LogP contribution >= 0.6 is 0 Å². The summed E-state index contributed by atoms with van der Waals surface area (Å²) < 4.78 is 5.44. The fourth-order valence-corrected chi connectivity index (χ4v) is 7.51. The first-order valence-corrected chi connectivity index (χ1v) is 24.5. The number of esters is 1. The van der Waals surface area contributed by atoms with Gasteiger partial charge in [-0.05, 0) is 32.1 Å². The number of carbonyl (C=O) groups excluding carboxylic acids is 2. The van der Waals surface area contributed by atoms with Crippen LogP contribution in [-0.4, -0.2) is 47.4 Å². The summed E-state index contributed by atoms with van der Waals surface area (Å²) in [7, 11) is 0. The second kappa shape index (κ2) is 45.3. The number of unbranched alkanes of at least 4 members (excludes halogenated alkanes) is 34. The molecule has 2 unspecified atom stereocenters. The zero-order valence-electron chi connectivity index (χ0n) is 36.9. The van der Waals surface area contributed by atoms with Gasteiger partial charge in [-0.1, -0.05) is 231 Å². The Morgan fingerprint density at radius 3 is 1.24 bits per heavy atom. The van der Waals surface area contributed by atoms with Crippen LogP contribution in [0, 0.1) is 0 Å². The van der Waals surface area contributed by atoms with E-state index in [0.717, 1.165) is 57.8 Å². The first kappa shape index (κ1) is 53.6. The third-order valence-electron chi connectivity index (χ3n) is 11.3. The number of hydrogen-bond donors (Lipinski definition) is 3. The molecule has 0 aromatic heterocycles. The van der Waals surface area contributed by atoms with Crippen molar-refractivity contribution in [2.45, 2.75) is 276 Å². The van der Waals surface area contributed by atoms with Crippen LogP contribution in [-0.2, 0) is 14.3 Å². The van der Waals surface area contributed by atoms with Gasteiger partial charge >= 0.3 is 5.97 Å². The lowest BCUT2D eigenvalue weighted by atomic mass is 10.0. The zero-order chi connectivity index (χ0) is 40.1. The molecule has 6 heteroatoms. The molecule has 2 atom stereocenters. The van der Waals surface area contributed by atoms with Gasteiger partial charge < -0.3 is 20.3 Å². The van der Waals surface area contributed by atoms with Crippen molar-refractivity contribution in [3.05, 3.63) is 12.2 Å². The molecule has 0 aliphatic rings. The van der Waals surface area contributed by atoms with Crippen LogP contribution in [0.4, 0.5) is 0 Å². The van der Waals surface area contributed by atoms with Crippen molar-refractivity contribution in [3.8, 4) is 0 Å². The summed E-state index contributed by atoms with van der Waals surface area (Å²) in [6.07, 6.45) is 50.5. The molecule has 55 heavy (non-hydrogen) atoms. The Hall–Kier alpha value is -1.40. The molecule has 0 spiro atoms. The number of nitrogens with one attached hydrogen (secondary N) is 1. The van der Waals surface area contributed by atoms with E-state index in [9.17, 15) is 19.8 Å². The van der Waals surface area contributed by atoms with Crippen molar-refractivity contribution < 1.29 is 24.5 Å². The number of aliphatic hydroxyl groups is 2. The van der Waals surface area contributed by atoms with E-state index in [1.54, 1.807) is 6.08 Å². The third kappa shape index (κ3) is 42.0. The molecule has 0 bridgehead atoms. The number of rotatable bonds is 45. The Labute approximate surface area is 342 Å². The minimum atomic E-state index is -0.854. The molecule has 0 saturated carbocycles. The van der Waals surface area contributed by atoms with Crippen molar-refractivity contribution in [2.24, 2.45) is 0 Å². The molecule has 0 rings (SSSR count). The van der Waals surface area contributed by atoms with E-state index in [-0.39, 0.29) is 18.5 Å². The van der Waals surface area contributed by atoms with Crippen LogP contribution in [0.5, 0.6) is 0 Å². The Morgan fingerprint density at radius 2 is 0.836 bits per heavy atom. The zero-order valence-corrected chi connectivity index (χ0v) is 36.9. The van der Waals surface area contributed by atoms with E-state index >= 15 is 0 Å². The van der Waals surface area contributed by atoms with Gasteiger partial charge in [-0.15, -0.1) is 0 Å². The van der Waals surface area contributed by atoms with Crippen LogP contribution in [0.1, 0.15) is 264 Å². The molecule has 0 fully saturated rings. The van der Waals surface area contributed by atoms with Crippen LogP contribution < -0.4 is 5.32 Å². The van der Waals surface area contributed by atoms with Gasteiger partial charge in [-0.3, -0.25) is 9.59 Å². The van der Waals surface area contributed by atoms with Crippen molar-refractivity contribution >= 4 is 11.9 Å². The van der Waals surface area contributed by atoms with Gasteiger partial charge in [0.25, 0.3) is 0 Å². The molecular weight excluding hydrogens is 683 g/mol. The van der Waals surface area contributed by atoms with Crippen molar-refractivity contribution in [1.29, 1.82) is 0 Å². The molecule has 326 valence electrons. The molecular formula is C49H95NO5. The Balaban J connectivity index is 3.51. The molecule has 0 aliphatic carbocycles. The van der Waals surface area contributed by atoms with Gasteiger partial charge in [-0.25, -0.2) is 0 Å². The SMILES string of the molecule is CCCCCCCCCCCCCCC/C=C/C(O)C(CO)NC(=O)CCCCCCCCCCCCCOC(=O)CCCCCCCCCCCCCC. The second-order valence-electron chi connectivity index (χ2n) is 16.8. The van der Waals surface area contributed by atoms with Crippen LogP contribution in [0.15, 0.2) is 12.2 Å². The highest BCUT2D eigenvalue weighted by Gasteiger charge is 2.18. The molecule has 0 heterocycles. The van der Waals surface area contributed by atoms with E-state index in [1.807, 2.05) is 6.08 Å². The van der Waals surface area contributed by atoms with Crippen LogP contribution in [0.25, 0.3) is 0 Å². The molecule has 0 aliphatic heterocycles. The summed E-state index contributed by atoms with van der Waals surface area (Å²) in [5, 5.41) is 23.0. The van der Waals surface area contributed by atoms with E-state index in [2.05, 4.69) is 19.2 Å². The second-order valence-corrected chi connectivity index (χ2v) is 16.8. The van der Waals surface area contributed by atoms with Gasteiger partial charge in [0.05, 0.1) is 25.4 Å². The maximum absolute atomic E-state index is 12.4. The fraction of sp³-hybridized carbons (Fsp3) is 0.918. The summed E-state index contributed by atoms with van der Waals surface area (Å²) in [6.45, 7) is 4.86. The topological polar surface area (TPSA) is 95.9 Å². The average Bonchev–Trinajstić information content (AvgIpc) is 3.18. The summed E-state index contributed by atoms with van der Waals surface area (Å²) in [6, 6.07) is -0.640. The van der Waals surface area contributed by atoms with Crippen molar-refractivity contribution in [2.75, 3.05) is 13.2 Å². The highest BCUT2D eigenvalue weighted by atomic mass is 16.5. The van der Waals surface area contributed by atoms with Gasteiger partial charge in [0.2, 0.25) is 5.91 Å². The normalized spacial score (nSPS) is 12.7. The van der Waals surface area contributed by atoms with Gasteiger partial charge in [0.15, 0.2) is 0 Å². The van der Waals surface area contributed by atoms with Crippen molar-refractivity contribution in [3.63, 3.8) is 0 Å². The standard InChI is InChI=1S/C49H95NO5/c1-3-5-7-9-11-13-15-17-18-19-21-25-29-33-37-41-47(52)46(45-51)50-48(53)42-38-34-30-26-22-20-24-28-32-36-40-44-55-49(54)43-39-35-31-27-23-16-14-12-10-8-6-4-2/h37,41,46-47,51-52H,3-36,38-40,42-45H2,1-2H3,(H,50,53)/b41-37+. The third-order valence-corrected chi connectivity index (χ3v) is 11.3. The number of hydrogen-bond acceptors (Lipinski definition) is 5. The molecule has 0 aromatic carbocycles. The number of aliphatic hydroxyl groups excluding tert-OH is 2. The number of allylic oxidation sites excluding steroid dienone is 1. The lowest BCUT2D eigenvalue weighted by Crippen LogP contribution is -2.45. The predicted octanol–water partition coefficient (Wildman–Crippen LogP) is 14.2. The largest absolute Gasteiger partial charge is 0.466 e. The summed E-state index contributed by atoms with van der Waals surface area (Å²) >= 11 is 0. The van der Waals surface area contributed by atoms with E-state index in [4.69, 9.17) is 4.74 Å². The fourth-order valence-electron chi connectivity index (χ4n) is 7.51. The Kier molecular flexibility index (Phi) is 44.2.